The maximum Gasteiger partial charge on any atom is 0.134 e. The van der Waals surface area contributed by atoms with E-state index in [9.17, 15) is 9.65 Å². The van der Waals surface area contributed by atoms with Gasteiger partial charge in [0.05, 0.1) is 5.56 Å². The van der Waals surface area contributed by atoms with Gasteiger partial charge in [-0.3, -0.25) is 0 Å². The highest BCUT2D eigenvalue weighted by molar-refractivity contribution is 7.16. The lowest BCUT2D eigenvalue weighted by atomic mass is 9.72. The van der Waals surface area contributed by atoms with Gasteiger partial charge >= 0.3 is 0 Å². The topological polar surface area (TPSA) is 45.4 Å². The maximum absolute atomic E-state index is 13.8. The quantitative estimate of drug-likeness (QED) is 0.388. The lowest BCUT2D eigenvalue weighted by Gasteiger charge is -2.33. The molecular formula is C27H27FN2OS. The van der Waals surface area contributed by atoms with Crippen molar-refractivity contribution in [3.05, 3.63) is 81.5 Å². The number of thiophene rings is 1. The first-order valence-corrected chi connectivity index (χ1v) is 11.7. The highest BCUT2D eigenvalue weighted by atomic mass is 32.1. The zero-order chi connectivity index (χ0) is 22.7. The Kier molecular flexibility index (Phi) is 6.43. The molecule has 3 aromatic rings. The zero-order valence-corrected chi connectivity index (χ0v) is 19.5. The molecule has 0 unspecified atom stereocenters. The number of benzene rings is 2. The minimum Gasteiger partial charge on any atom is -0.489 e. The van der Waals surface area contributed by atoms with Crippen LogP contribution in [-0.4, -0.2) is 6.21 Å². The van der Waals surface area contributed by atoms with E-state index in [0.29, 0.717) is 17.2 Å². The molecule has 0 fully saturated rings. The fourth-order valence-corrected chi connectivity index (χ4v) is 5.33. The molecule has 3 nitrogen and oxygen atoms in total. The summed E-state index contributed by atoms with van der Waals surface area (Å²) < 4.78 is 19.6. The summed E-state index contributed by atoms with van der Waals surface area (Å²) >= 11 is 1.65. The van der Waals surface area contributed by atoms with E-state index in [0.717, 1.165) is 35.4 Å². The molecule has 0 aliphatic heterocycles. The van der Waals surface area contributed by atoms with Crippen molar-refractivity contribution in [2.45, 2.75) is 46.6 Å². The summed E-state index contributed by atoms with van der Waals surface area (Å²) in [6, 6.07) is 16.5. The van der Waals surface area contributed by atoms with E-state index in [-0.39, 0.29) is 17.8 Å². The number of ether oxygens (including phenoxy) is 1. The number of nitriles is 1. The van der Waals surface area contributed by atoms with Crippen LogP contribution in [0, 0.1) is 28.5 Å². The van der Waals surface area contributed by atoms with E-state index in [1.807, 2.05) is 24.3 Å². The predicted molar refractivity (Wildman–Crippen MR) is 128 cm³/mol. The molecule has 0 bridgehead atoms. The van der Waals surface area contributed by atoms with Gasteiger partial charge < -0.3 is 4.74 Å². The molecule has 164 valence electrons. The van der Waals surface area contributed by atoms with Gasteiger partial charge in [0.25, 0.3) is 0 Å². The molecule has 1 aromatic heterocycles. The average molecular weight is 447 g/mol. The van der Waals surface area contributed by atoms with Crippen molar-refractivity contribution in [1.29, 1.82) is 5.26 Å². The largest absolute Gasteiger partial charge is 0.489 e. The molecule has 1 aliphatic carbocycles. The van der Waals surface area contributed by atoms with Crippen LogP contribution in [0.2, 0.25) is 0 Å². The Balaban J connectivity index is 1.50. The summed E-state index contributed by atoms with van der Waals surface area (Å²) in [6.45, 7) is 7.05. The van der Waals surface area contributed by atoms with Crippen molar-refractivity contribution in [3.8, 4) is 11.8 Å². The Morgan fingerprint density at radius 1 is 1.22 bits per heavy atom. The molecule has 5 heteroatoms. The lowest BCUT2D eigenvalue weighted by Crippen LogP contribution is -2.26. The summed E-state index contributed by atoms with van der Waals surface area (Å²) in [5.41, 5.74) is 3.57. The van der Waals surface area contributed by atoms with Gasteiger partial charge in [0, 0.05) is 16.7 Å². The van der Waals surface area contributed by atoms with Crippen LogP contribution in [0.4, 0.5) is 9.39 Å². The van der Waals surface area contributed by atoms with Crippen molar-refractivity contribution < 1.29 is 9.13 Å². The molecule has 0 spiro atoms. The monoisotopic (exact) mass is 446 g/mol. The molecule has 1 heterocycles. The van der Waals surface area contributed by atoms with Gasteiger partial charge in [0.15, 0.2) is 0 Å². The Labute approximate surface area is 193 Å². The number of nitrogens with zero attached hydrogens (tertiary/aromatic N) is 2. The van der Waals surface area contributed by atoms with Crippen molar-refractivity contribution in [2.24, 2.45) is 16.3 Å². The molecule has 1 atom stereocenters. The third-order valence-electron chi connectivity index (χ3n) is 6.12. The molecular weight excluding hydrogens is 419 g/mol. The van der Waals surface area contributed by atoms with E-state index in [2.05, 4.69) is 31.8 Å². The smallest absolute Gasteiger partial charge is 0.134 e. The number of aliphatic imine (C=N–C) groups is 1. The first kappa shape index (κ1) is 22.2. The third kappa shape index (κ3) is 4.92. The fourth-order valence-electron chi connectivity index (χ4n) is 4.11. The van der Waals surface area contributed by atoms with Crippen LogP contribution in [-0.2, 0) is 19.4 Å². The van der Waals surface area contributed by atoms with Gasteiger partial charge in [-0.1, -0.05) is 51.1 Å². The summed E-state index contributed by atoms with van der Waals surface area (Å²) in [4.78, 5) is 5.98. The molecule has 1 aliphatic rings. The molecule has 0 radical (unpaired) electrons. The Morgan fingerprint density at radius 3 is 2.78 bits per heavy atom. The van der Waals surface area contributed by atoms with E-state index >= 15 is 0 Å². The molecule has 0 saturated carbocycles. The molecule has 0 amide bonds. The number of hydrogen-bond acceptors (Lipinski definition) is 4. The minimum absolute atomic E-state index is 0.165. The number of fused-ring (bicyclic) bond motifs is 1. The summed E-state index contributed by atoms with van der Waals surface area (Å²) in [7, 11) is 0. The fraction of sp³-hybridized carbons (Fsp3) is 0.333. The van der Waals surface area contributed by atoms with E-state index < -0.39 is 0 Å². The minimum atomic E-state index is -0.274. The van der Waals surface area contributed by atoms with Crippen LogP contribution in [0.5, 0.6) is 5.75 Å². The van der Waals surface area contributed by atoms with Crippen molar-refractivity contribution in [2.75, 3.05) is 0 Å². The van der Waals surface area contributed by atoms with Crippen molar-refractivity contribution in [3.63, 3.8) is 0 Å². The van der Waals surface area contributed by atoms with Gasteiger partial charge in [-0.05, 0) is 59.9 Å². The molecule has 4 rings (SSSR count). The van der Waals surface area contributed by atoms with Gasteiger partial charge in [-0.25, -0.2) is 9.38 Å². The molecule has 0 N–H and O–H groups in total. The second kappa shape index (κ2) is 9.26. The van der Waals surface area contributed by atoms with Crippen LogP contribution in [0.15, 0.2) is 53.5 Å². The normalized spacial score (nSPS) is 16.0. The van der Waals surface area contributed by atoms with Gasteiger partial charge in [-0.2, -0.15) is 5.26 Å². The summed E-state index contributed by atoms with van der Waals surface area (Å²) in [6.07, 6.45) is 4.86. The first-order valence-electron chi connectivity index (χ1n) is 10.9. The van der Waals surface area contributed by atoms with E-state index in [4.69, 9.17) is 4.74 Å². The summed E-state index contributed by atoms with van der Waals surface area (Å²) in [5.74, 6) is 1.00. The molecule has 0 saturated heterocycles. The van der Waals surface area contributed by atoms with Gasteiger partial charge in [-0.15, -0.1) is 11.3 Å². The van der Waals surface area contributed by atoms with Crippen LogP contribution in [0.3, 0.4) is 0 Å². The molecule has 32 heavy (non-hydrogen) atoms. The number of rotatable bonds is 5. The second-order valence-corrected chi connectivity index (χ2v) is 10.4. The maximum atomic E-state index is 13.8. The zero-order valence-electron chi connectivity index (χ0n) is 18.7. The van der Waals surface area contributed by atoms with Crippen LogP contribution in [0.1, 0.15) is 54.3 Å². The SMILES string of the molecule is CC(C)(C)[C@@H]1CCc2c(sc(N=Cc3cccc(OCc4ccccc4F)c3)c2C#N)C1. The Bertz CT molecular complexity index is 1180. The standard InChI is InChI=1S/C27H27FN2OS/c1-27(2,3)20-11-12-22-23(15-29)26(32-25(22)14-20)30-16-18-7-6-9-21(13-18)31-17-19-8-4-5-10-24(19)28/h4-10,13,16,20H,11-12,14,17H2,1-3H3/t20-/m1/s1. The van der Waals surface area contributed by atoms with Gasteiger partial charge in [0.1, 0.15) is 29.2 Å². The third-order valence-corrected chi connectivity index (χ3v) is 7.29. The van der Waals surface area contributed by atoms with Crippen LogP contribution in [0.25, 0.3) is 0 Å². The van der Waals surface area contributed by atoms with Crippen LogP contribution < -0.4 is 4.74 Å². The molecule has 2 aromatic carbocycles. The highest BCUT2D eigenvalue weighted by Crippen LogP contribution is 2.44. The lowest BCUT2D eigenvalue weighted by molar-refractivity contribution is 0.218. The average Bonchev–Trinajstić information content (AvgIpc) is 3.13. The number of hydrogen-bond donors (Lipinski definition) is 0. The number of halogens is 1. The van der Waals surface area contributed by atoms with E-state index in [1.165, 1.54) is 16.5 Å². The van der Waals surface area contributed by atoms with E-state index in [1.54, 1.807) is 35.8 Å². The first-order chi connectivity index (χ1) is 15.3. The van der Waals surface area contributed by atoms with Gasteiger partial charge in [0.2, 0.25) is 0 Å². The second-order valence-electron chi connectivity index (χ2n) is 9.31. The summed E-state index contributed by atoms with van der Waals surface area (Å²) in [5, 5.41) is 10.5. The van der Waals surface area contributed by atoms with Crippen molar-refractivity contribution >= 4 is 22.6 Å². The Hall–Kier alpha value is -2.97. The predicted octanol–water partition coefficient (Wildman–Crippen LogP) is 7.24. The highest BCUT2D eigenvalue weighted by Gasteiger charge is 2.32. The van der Waals surface area contributed by atoms with Crippen LogP contribution >= 0.6 is 11.3 Å². The Morgan fingerprint density at radius 2 is 2.03 bits per heavy atom. The van der Waals surface area contributed by atoms with Crippen molar-refractivity contribution in [1.82, 2.24) is 0 Å².